The van der Waals surface area contributed by atoms with Gasteiger partial charge in [0.05, 0.1) is 16.4 Å². The van der Waals surface area contributed by atoms with Gasteiger partial charge in [-0.1, -0.05) is 49.1 Å². The van der Waals surface area contributed by atoms with Crippen LogP contribution in [0.4, 0.5) is 0 Å². The zero-order valence-corrected chi connectivity index (χ0v) is 15.2. The summed E-state index contributed by atoms with van der Waals surface area (Å²) in [6, 6.07) is 8.18. The first-order chi connectivity index (χ1) is 10.2. The monoisotopic (exact) mass is 428 g/mol. The molecule has 2 heterocycles. The molecule has 3 rings (SSSR count). The van der Waals surface area contributed by atoms with Gasteiger partial charge in [-0.2, -0.15) is 0 Å². The van der Waals surface area contributed by atoms with Crippen molar-refractivity contribution in [1.82, 2.24) is 4.98 Å². The summed E-state index contributed by atoms with van der Waals surface area (Å²) >= 11 is 8.59. The normalized spacial score (nSPS) is 17.6. The van der Waals surface area contributed by atoms with E-state index < -0.39 is 0 Å². The van der Waals surface area contributed by atoms with E-state index in [1.807, 2.05) is 12.1 Å². The summed E-state index contributed by atoms with van der Waals surface area (Å²) in [7, 11) is 0. The molecule has 1 aliphatic heterocycles. The summed E-state index contributed by atoms with van der Waals surface area (Å²) < 4.78 is 1.07. The van der Waals surface area contributed by atoms with Gasteiger partial charge < -0.3 is 4.84 Å². The molecule has 0 amide bonds. The molecule has 0 saturated heterocycles. The van der Waals surface area contributed by atoms with Gasteiger partial charge in [0.25, 0.3) is 0 Å². The van der Waals surface area contributed by atoms with Crippen LogP contribution in [-0.2, 0) is 17.7 Å². The number of hydrogen-bond acceptors (Lipinski definition) is 4. The topological polar surface area (TPSA) is 34.5 Å². The molecule has 1 aromatic carbocycles. The molecule has 110 valence electrons. The molecule has 0 saturated carbocycles. The first-order valence-corrected chi connectivity index (χ1v) is 9.52. The second-order valence-corrected chi connectivity index (χ2v) is 7.50. The van der Waals surface area contributed by atoms with E-state index in [-0.39, 0.29) is 6.10 Å². The summed E-state index contributed by atoms with van der Waals surface area (Å²) in [5.74, 6) is 0. The number of benzene rings is 1. The SMILES string of the molecule is BrCCc1csc(C[C@H]2CC(c3ccc(Br)cc3)=NO2)n1. The van der Waals surface area contributed by atoms with E-state index in [0.717, 1.165) is 51.0 Å². The van der Waals surface area contributed by atoms with E-state index in [2.05, 4.69) is 59.5 Å². The number of oxime groups is 1. The molecule has 0 bridgehead atoms. The second kappa shape index (κ2) is 7.03. The van der Waals surface area contributed by atoms with Crippen molar-refractivity contribution in [2.45, 2.75) is 25.4 Å². The van der Waals surface area contributed by atoms with Crippen LogP contribution < -0.4 is 0 Å². The van der Waals surface area contributed by atoms with Crippen molar-refractivity contribution in [3.05, 3.63) is 50.4 Å². The molecule has 0 N–H and O–H groups in total. The fourth-order valence-electron chi connectivity index (χ4n) is 2.20. The number of rotatable bonds is 5. The van der Waals surface area contributed by atoms with E-state index in [4.69, 9.17) is 4.84 Å². The zero-order valence-electron chi connectivity index (χ0n) is 11.3. The van der Waals surface area contributed by atoms with Crippen LogP contribution in [0.3, 0.4) is 0 Å². The third kappa shape index (κ3) is 3.93. The Morgan fingerprint density at radius 3 is 2.86 bits per heavy atom. The lowest BCUT2D eigenvalue weighted by Gasteiger charge is -2.05. The third-order valence-electron chi connectivity index (χ3n) is 3.26. The van der Waals surface area contributed by atoms with Crippen molar-refractivity contribution in [2.75, 3.05) is 5.33 Å². The summed E-state index contributed by atoms with van der Waals surface area (Å²) in [5, 5.41) is 8.43. The van der Waals surface area contributed by atoms with E-state index in [0.29, 0.717) is 0 Å². The van der Waals surface area contributed by atoms with Gasteiger partial charge in [-0.05, 0) is 17.7 Å². The van der Waals surface area contributed by atoms with Crippen molar-refractivity contribution in [3.8, 4) is 0 Å². The van der Waals surface area contributed by atoms with Crippen LogP contribution in [-0.4, -0.2) is 22.1 Å². The molecule has 1 atom stereocenters. The minimum Gasteiger partial charge on any atom is -0.391 e. The Balaban J connectivity index is 1.59. The van der Waals surface area contributed by atoms with Crippen LogP contribution in [0.25, 0.3) is 0 Å². The molecule has 0 radical (unpaired) electrons. The summed E-state index contributed by atoms with van der Waals surface area (Å²) in [6.07, 6.45) is 2.75. The summed E-state index contributed by atoms with van der Waals surface area (Å²) in [4.78, 5) is 10.2. The van der Waals surface area contributed by atoms with E-state index in [9.17, 15) is 0 Å². The number of hydrogen-bond donors (Lipinski definition) is 0. The lowest BCUT2D eigenvalue weighted by molar-refractivity contribution is 0.0858. The lowest BCUT2D eigenvalue weighted by Crippen LogP contribution is -2.11. The van der Waals surface area contributed by atoms with Crippen molar-refractivity contribution in [3.63, 3.8) is 0 Å². The largest absolute Gasteiger partial charge is 0.391 e. The highest BCUT2D eigenvalue weighted by Gasteiger charge is 2.23. The molecule has 0 fully saturated rings. The maximum absolute atomic E-state index is 5.56. The Kier molecular flexibility index (Phi) is 5.08. The molecule has 0 unspecified atom stereocenters. The Labute approximate surface area is 144 Å². The van der Waals surface area contributed by atoms with Gasteiger partial charge in [0.2, 0.25) is 0 Å². The highest BCUT2D eigenvalue weighted by atomic mass is 79.9. The first kappa shape index (κ1) is 15.2. The van der Waals surface area contributed by atoms with E-state index >= 15 is 0 Å². The van der Waals surface area contributed by atoms with Crippen molar-refractivity contribution in [2.24, 2.45) is 5.16 Å². The summed E-state index contributed by atoms with van der Waals surface area (Å²) in [6.45, 7) is 0. The highest BCUT2D eigenvalue weighted by molar-refractivity contribution is 9.10. The van der Waals surface area contributed by atoms with Crippen LogP contribution in [0, 0.1) is 0 Å². The van der Waals surface area contributed by atoms with Crippen LogP contribution in [0.15, 0.2) is 39.3 Å². The molecule has 6 heteroatoms. The Bertz CT molecular complexity index is 639. The van der Waals surface area contributed by atoms with Gasteiger partial charge in [0.15, 0.2) is 0 Å². The number of aromatic nitrogens is 1. The van der Waals surface area contributed by atoms with Gasteiger partial charge in [-0.15, -0.1) is 11.3 Å². The van der Waals surface area contributed by atoms with Gasteiger partial charge in [0.1, 0.15) is 6.10 Å². The van der Waals surface area contributed by atoms with Crippen molar-refractivity contribution < 1.29 is 4.84 Å². The highest BCUT2D eigenvalue weighted by Crippen LogP contribution is 2.22. The molecular weight excluding hydrogens is 416 g/mol. The number of nitrogens with zero attached hydrogens (tertiary/aromatic N) is 2. The maximum atomic E-state index is 5.56. The minimum atomic E-state index is 0.103. The van der Waals surface area contributed by atoms with Gasteiger partial charge in [-0.3, -0.25) is 0 Å². The molecule has 1 aliphatic rings. The fraction of sp³-hybridized carbons (Fsp3) is 0.333. The predicted octanol–water partition coefficient (Wildman–Crippen LogP) is 4.58. The maximum Gasteiger partial charge on any atom is 0.139 e. The molecule has 21 heavy (non-hydrogen) atoms. The zero-order chi connectivity index (χ0) is 14.7. The molecule has 3 nitrogen and oxygen atoms in total. The van der Waals surface area contributed by atoms with Crippen LogP contribution in [0.2, 0.25) is 0 Å². The first-order valence-electron chi connectivity index (χ1n) is 6.72. The predicted molar refractivity (Wildman–Crippen MR) is 93.5 cm³/mol. The van der Waals surface area contributed by atoms with Gasteiger partial charge in [0, 0.05) is 34.4 Å². The second-order valence-electron chi connectivity index (χ2n) is 4.85. The van der Waals surface area contributed by atoms with Gasteiger partial charge >= 0.3 is 0 Å². The number of alkyl halides is 1. The van der Waals surface area contributed by atoms with Gasteiger partial charge in [-0.25, -0.2) is 4.98 Å². The molecule has 0 aliphatic carbocycles. The van der Waals surface area contributed by atoms with Crippen molar-refractivity contribution >= 4 is 48.9 Å². The summed E-state index contributed by atoms with van der Waals surface area (Å²) in [5.41, 5.74) is 3.29. The number of halogens is 2. The average Bonchev–Trinajstić information content (AvgIpc) is 3.11. The Hall–Kier alpha value is -0.720. The molecule has 1 aromatic heterocycles. The Morgan fingerprint density at radius 1 is 1.29 bits per heavy atom. The van der Waals surface area contributed by atoms with Crippen LogP contribution in [0.1, 0.15) is 22.7 Å². The Morgan fingerprint density at radius 2 is 2.10 bits per heavy atom. The average molecular weight is 430 g/mol. The molecule has 2 aromatic rings. The fourth-order valence-corrected chi connectivity index (χ4v) is 3.76. The minimum absolute atomic E-state index is 0.103. The standard InChI is InChI=1S/C15H14Br2N2OS/c16-6-5-12-9-21-15(18-12)8-13-7-14(19-20-13)10-1-3-11(17)4-2-10/h1-4,9,13H,5-8H2/t13-/m1/s1. The van der Waals surface area contributed by atoms with Crippen LogP contribution >= 0.6 is 43.2 Å². The molecule has 0 spiro atoms. The quantitative estimate of drug-likeness (QED) is 0.652. The lowest BCUT2D eigenvalue weighted by atomic mass is 10.0. The number of thiazole rings is 1. The van der Waals surface area contributed by atoms with E-state index in [1.165, 1.54) is 0 Å². The number of aryl methyl sites for hydroxylation is 1. The van der Waals surface area contributed by atoms with Crippen LogP contribution in [0.5, 0.6) is 0 Å². The third-order valence-corrected chi connectivity index (χ3v) is 5.11. The van der Waals surface area contributed by atoms with E-state index in [1.54, 1.807) is 11.3 Å². The van der Waals surface area contributed by atoms with Crippen molar-refractivity contribution in [1.29, 1.82) is 0 Å². The smallest absolute Gasteiger partial charge is 0.139 e. The molecular formula is C15H14Br2N2OS.